The van der Waals surface area contributed by atoms with Crippen molar-refractivity contribution in [2.75, 3.05) is 25.1 Å². The Morgan fingerprint density at radius 1 is 1.12 bits per heavy atom. The number of carbonyl (C=O) groups is 2. The number of benzene rings is 2. The average Bonchev–Trinajstić information content (AvgIpc) is 2.61. The SMILES string of the molecule is O=C(COC(=O)c1cc(Br)ccc1F)Nc1ccc2c(c1)OCCO2. The van der Waals surface area contributed by atoms with E-state index < -0.39 is 24.3 Å². The normalized spacial score (nSPS) is 12.4. The highest BCUT2D eigenvalue weighted by Gasteiger charge is 2.16. The number of ether oxygens (including phenoxy) is 3. The molecule has 0 saturated carbocycles. The lowest BCUT2D eigenvalue weighted by Gasteiger charge is -2.19. The minimum Gasteiger partial charge on any atom is -0.486 e. The van der Waals surface area contributed by atoms with Gasteiger partial charge in [-0.15, -0.1) is 0 Å². The maximum absolute atomic E-state index is 13.6. The molecule has 25 heavy (non-hydrogen) atoms. The summed E-state index contributed by atoms with van der Waals surface area (Å²) in [5.41, 5.74) is 0.223. The Balaban J connectivity index is 1.58. The first-order valence-corrected chi connectivity index (χ1v) is 8.14. The number of halogens is 2. The maximum atomic E-state index is 13.6. The summed E-state index contributed by atoms with van der Waals surface area (Å²) in [5, 5.41) is 2.57. The summed E-state index contributed by atoms with van der Waals surface area (Å²) in [6, 6.07) is 8.81. The maximum Gasteiger partial charge on any atom is 0.341 e. The molecule has 0 fully saturated rings. The second-order valence-corrected chi connectivity index (χ2v) is 6.02. The zero-order valence-electron chi connectivity index (χ0n) is 12.9. The Morgan fingerprint density at radius 2 is 1.88 bits per heavy atom. The Labute approximate surface area is 151 Å². The summed E-state index contributed by atoms with van der Waals surface area (Å²) in [7, 11) is 0. The van der Waals surface area contributed by atoms with Gasteiger partial charge in [0.05, 0.1) is 5.56 Å². The number of hydrogen-bond donors (Lipinski definition) is 1. The van der Waals surface area contributed by atoms with Crippen LogP contribution in [-0.4, -0.2) is 31.7 Å². The van der Waals surface area contributed by atoms with Crippen molar-refractivity contribution < 1.29 is 28.2 Å². The van der Waals surface area contributed by atoms with E-state index in [0.29, 0.717) is 34.9 Å². The van der Waals surface area contributed by atoms with Crippen LogP contribution in [0, 0.1) is 5.82 Å². The molecular formula is C17H13BrFNO5. The number of carbonyl (C=O) groups excluding carboxylic acids is 2. The highest BCUT2D eigenvalue weighted by molar-refractivity contribution is 9.10. The molecular weight excluding hydrogens is 397 g/mol. The Hall–Kier alpha value is -2.61. The van der Waals surface area contributed by atoms with E-state index in [1.165, 1.54) is 12.1 Å². The van der Waals surface area contributed by atoms with Crippen molar-refractivity contribution in [1.29, 1.82) is 0 Å². The van der Waals surface area contributed by atoms with E-state index in [2.05, 4.69) is 21.2 Å². The first kappa shape index (κ1) is 17.2. The molecule has 0 aromatic heterocycles. The lowest BCUT2D eigenvalue weighted by atomic mass is 10.2. The third-order valence-electron chi connectivity index (χ3n) is 3.31. The molecule has 0 radical (unpaired) electrons. The predicted molar refractivity (Wildman–Crippen MR) is 90.4 cm³/mol. The molecule has 0 atom stereocenters. The third kappa shape index (κ3) is 4.27. The molecule has 0 spiro atoms. The fourth-order valence-corrected chi connectivity index (χ4v) is 2.54. The molecule has 2 aromatic rings. The van der Waals surface area contributed by atoms with Crippen molar-refractivity contribution in [3.63, 3.8) is 0 Å². The van der Waals surface area contributed by atoms with Crippen LogP contribution in [0.5, 0.6) is 11.5 Å². The van der Waals surface area contributed by atoms with Crippen LogP contribution < -0.4 is 14.8 Å². The van der Waals surface area contributed by atoms with Gasteiger partial charge in [-0.25, -0.2) is 9.18 Å². The first-order chi connectivity index (χ1) is 12.0. The minimum atomic E-state index is -0.920. The molecule has 1 N–H and O–H groups in total. The number of nitrogens with one attached hydrogen (secondary N) is 1. The van der Waals surface area contributed by atoms with Gasteiger partial charge in [-0.05, 0) is 30.3 Å². The van der Waals surface area contributed by atoms with Gasteiger partial charge in [-0.1, -0.05) is 15.9 Å². The standard InChI is InChI=1S/C17H13BrFNO5/c18-10-1-3-13(19)12(7-10)17(22)25-9-16(21)20-11-2-4-14-15(8-11)24-6-5-23-14/h1-4,7-8H,5-6,9H2,(H,20,21). The third-order valence-corrected chi connectivity index (χ3v) is 3.80. The van der Waals surface area contributed by atoms with E-state index in [1.54, 1.807) is 18.2 Å². The van der Waals surface area contributed by atoms with Crippen LogP contribution >= 0.6 is 15.9 Å². The second kappa shape index (κ2) is 7.52. The van der Waals surface area contributed by atoms with E-state index in [-0.39, 0.29) is 5.56 Å². The van der Waals surface area contributed by atoms with Gasteiger partial charge in [0, 0.05) is 16.2 Å². The summed E-state index contributed by atoms with van der Waals surface area (Å²) >= 11 is 3.14. The van der Waals surface area contributed by atoms with E-state index in [9.17, 15) is 14.0 Å². The molecule has 3 rings (SSSR count). The quantitative estimate of drug-likeness (QED) is 0.785. The zero-order valence-corrected chi connectivity index (χ0v) is 14.5. The smallest absolute Gasteiger partial charge is 0.341 e. The van der Waals surface area contributed by atoms with Gasteiger partial charge in [0.25, 0.3) is 5.91 Å². The van der Waals surface area contributed by atoms with Crippen LogP contribution in [-0.2, 0) is 9.53 Å². The number of anilines is 1. The lowest BCUT2D eigenvalue weighted by Crippen LogP contribution is -2.21. The largest absolute Gasteiger partial charge is 0.486 e. The molecule has 0 aliphatic carbocycles. The molecule has 0 saturated heterocycles. The van der Waals surface area contributed by atoms with E-state index >= 15 is 0 Å². The van der Waals surface area contributed by atoms with Crippen LogP contribution in [0.3, 0.4) is 0 Å². The van der Waals surface area contributed by atoms with Crippen LogP contribution in [0.2, 0.25) is 0 Å². The molecule has 1 aliphatic heterocycles. The van der Waals surface area contributed by atoms with Crippen LogP contribution in [0.25, 0.3) is 0 Å². The number of fused-ring (bicyclic) bond motifs is 1. The van der Waals surface area contributed by atoms with Crippen molar-refractivity contribution in [2.45, 2.75) is 0 Å². The van der Waals surface area contributed by atoms with Crippen molar-refractivity contribution in [3.05, 3.63) is 52.3 Å². The van der Waals surface area contributed by atoms with E-state index in [0.717, 1.165) is 6.07 Å². The topological polar surface area (TPSA) is 73.9 Å². The minimum absolute atomic E-state index is 0.249. The molecule has 6 nitrogen and oxygen atoms in total. The van der Waals surface area contributed by atoms with Gasteiger partial charge in [0.15, 0.2) is 18.1 Å². The summed E-state index contributed by atoms with van der Waals surface area (Å²) in [4.78, 5) is 23.8. The zero-order chi connectivity index (χ0) is 17.8. The predicted octanol–water partition coefficient (Wildman–Crippen LogP) is 3.15. The summed E-state index contributed by atoms with van der Waals surface area (Å²) < 4.78 is 29.8. The highest BCUT2D eigenvalue weighted by Crippen LogP contribution is 2.32. The second-order valence-electron chi connectivity index (χ2n) is 5.11. The van der Waals surface area contributed by atoms with Crippen molar-refractivity contribution >= 4 is 33.5 Å². The van der Waals surface area contributed by atoms with Crippen LogP contribution in [0.4, 0.5) is 10.1 Å². The fraction of sp³-hybridized carbons (Fsp3) is 0.176. The van der Waals surface area contributed by atoms with Crippen molar-refractivity contribution in [3.8, 4) is 11.5 Å². The monoisotopic (exact) mass is 409 g/mol. The van der Waals surface area contributed by atoms with Gasteiger partial charge < -0.3 is 19.5 Å². The van der Waals surface area contributed by atoms with Crippen molar-refractivity contribution in [1.82, 2.24) is 0 Å². The van der Waals surface area contributed by atoms with E-state index in [1.807, 2.05) is 0 Å². The van der Waals surface area contributed by atoms with Crippen LogP contribution in [0.15, 0.2) is 40.9 Å². The van der Waals surface area contributed by atoms with Crippen LogP contribution in [0.1, 0.15) is 10.4 Å². The Morgan fingerprint density at radius 3 is 2.68 bits per heavy atom. The number of rotatable bonds is 4. The molecule has 0 unspecified atom stereocenters. The van der Waals surface area contributed by atoms with Gasteiger partial charge >= 0.3 is 5.97 Å². The van der Waals surface area contributed by atoms with E-state index in [4.69, 9.17) is 14.2 Å². The molecule has 8 heteroatoms. The highest BCUT2D eigenvalue weighted by atomic mass is 79.9. The molecule has 1 aliphatic rings. The van der Waals surface area contributed by atoms with Gasteiger partial charge in [0.1, 0.15) is 19.0 Å². The van der Waals surface area contributed by atoms with Crippen molar-refractivity contribution in [2.24, 2.45) is 0 Å². The summed E-state index contributed by atoms with van der Waals surface area (Å²) in [5.74, 6) is -1.07. The fourth-order valence-electron chi connectivity index (χ4n) is 2.18. The Bertz CT molecular complexity index is 827. The molecule has 1 heterocycles. The number of amides is 1. The number of esters is 1. The molecule has 130 valence electrons. The Kier molecular flexibility index (Phi) is 5.18. The lowest BCUT2D eigenvalue weighted by molar-refractivity contribution is -0.119. The molecule has 0 bridgehead atoms. The van der Waals surface area contributed by atoms with Gasteiger partial charge in [-0.2, -0.15) is 0 Å². The van der Waals surface area contributed by atoms with Gasteiger partial charge in [-0.3, -0.25) is 4.79 Å². The molecule has 2 aromatic carbocycles. The average molecular weight is 410 g/mol. The summed E-state index contributed by atoms with van der Waals surface area (Å²) in [6.07, 6.45) is 0. The molecule has 1 amide bonds. The number of hydrogen-bond acceptors (Lipinski definition) is 5. The first-order valence-electron chi connectivity index (χ1n) is 7.34. The summed E-state index contributed by atoms with van der Waals surface area (Å²) in [6.45, 7) is 0.361. The van der Waals surface area contributed by atoms with Gasteiger partial charge in [0.2, 0.25) is 0 Å².